The Labute approximate surface area is 250 Å². The monoisotopic (exact) mass is 576 g/mol. The number of hydrogen-bond donors (Lipinski definition) is 1. The van der Waals surface area contributed by atoms with Crippen molar-refractivity contribution in [3.63, 3.8) is 0 Å². The third kappa shape index (κ3) is 6.93. The van der Waals surface area contributed by atoms with Crippen molar-refractivity contribution in [1.82, 2.24) is 5.32 Å². The number of anilines is 1. The fraction of sp³-hybridized carbons (Fsp3) is 0.171. The van der Waals surface area contributed by atoms with Crippen LogP contribution in [0.15, 0.2) is 96.6 Å². The zero-order valence-corrected chi connectivity index (χ0v) is 24.3. The van der Waals surface area contributed by atoms with Gasteiger partial charge < -0.3 is 14.2 Å². The van der Waals surface area contributed by atoms with Gasteiger partial charge in [-0.3, -0.25) is 14.9 Å². The zero-order chi connectivity index (χ0) is 30.3. The average molecular weight is 577 g/mol. The maximum Gasteiger partial charge on any atom is 0.335 e. The minimum Gasteiger partial charge on any atom is -0.490 e. The van der Waals surface area contributed by atoms with Crippen molar-refractivity contribution in [1.29, 1.82) is 0 Å². The summed E-state index contributed by atoms with van der Waals surface area (Å²) >= 11 is 0. The van der Waals surface area contributed by atoms with Gasteiger partial charge in [-0.1, -0.05) is 54.6 Å². The minimum absolute atomic E-state index is 0.135. The molecule has 0 saturated carbocycles. The molecule has 1 heterocycles. The van der Waals surface area contributed by atoms with Crippen LogP contribution in [0.4, 0.5) is 10.5 Å². The fourth-order valence-corrected chi connectivity index (χ4v) is 4.52. The smallest absolute Gasteiger partial charge is 0.335 e. The molecule has 1 saturated heterocycles. The first-order valence-corrected chi connectivity index (χ1v) is 14.0. The molecule has 1 fully saturated rings. The minimum atomic E-state index is -0.776. The highest BCUT2D eigenvalue weighted by molar-refractivity contribution is 6.39. The number of nitrogens with zero attached hydrogens (tertiary/aromatic N) is 1. The van der Waals surface area contributed by atoms with Crippen LogP contribution in [-0.2, 0) is 22.8 Å². The molecule has 5 rings (SSSR count). The first-order valence-electron chi connectivity index (χ1n) is 14.0. The van der Waals surface area contributed by atoms with Gasteiger partial charge in [0.25, 0.3) is 11.8 Å². The number of carbonyl (C=O) groups excluding carboxylic acids is 3. The molecule has 43 heavy (non-hydrogen) atoms. The molecule has 4 aromatic rings. The van der Waals surface area contributed by atoms with Gasteiger partial charge in [0.15, 0.2) is 11.5 Å². The second-order valence-electron chi connectivity index (χ2n) is 10.1. The molecule has 1 N–H and O–H groups in total. The molecule has 4 amide bonds. The lowest BCUT2D eigenvalue weighted by atomic mass is 10.1. The Bertz CT molecular complexity index is 1680. The van der Waals surface area contributed by atoms with Crippen LogP contribution < -0.4 is 24.4 Å². The highest BCUT2D eigenvalue weighted by atomic mass is 16.5. The largest absolute Gasteiger partial charge is 0.490 e. The Morgan fingerprint density at radius 3 is 2.19 bits per heavy atom. The first kappa shape index (κ1) is 29.1. The summed E-state index contributed by atoms with van der Waals surface area (Å²) in [4.78, 5) is 39.3. The van der Waals surface area contributed by atoms with Gasteiger partial charge in [-0.2, -0.15) is 0 Å². The molecular weight excluding hydrogens is 544 g/mol. The molecule has 8 nitrogen and oxygen atoms in total. The molecule has 218 valence electrons. The van der Waals surface area contributed by atoms with Crippen molar-refractivity contribution < 1.29 is 28.6 Å². The number of amides is 4. The van der Waals surface area contributed by atoms with E-state index in [0.29, 0.717) is 48.3 Å². The number of urea groups is 1. The second kappa shape index (κ2) is 13.1. The van der Waals surface area contributed by atoms with E-state index < -0.39 is 17.8 Å². The normalized spacial score (nSPS) is 14.1. The Morgan fingerprint density at radius 1 is 0.721 bits per heavy atom. The van der Waals surface area contributed by atoms with E-state index in [9.17, 15) is 14.4 Å². The summed E-state index contributed by atoms with van der Waals surface area (Å²) in [5.74, 6) is 0.488. The number of hydrogen-bond acceptors (Lipinski definition) is 6. The van der Waals surface area contributed by atoms with E-state index in [4.69, 9.17) is 14.2 Å². The molecule has 0 atom stereocenters. The SMILES string of the molecule is CCOc1cc(COc2ccc(/C=C3/C(=O)NC(=O)N(c4ccc(C)c(C)c4)C3=O)cc2)ccc1OCc1ccccc1. The van der Waals surface area contributed by atoms with Crippen molar-refractivity contribution in [3.05, 3.63) is 124 Å². The number of benzene rings is 4. The fourth-order valence-electron chi connectivity index (χ4n) is 4.52. The Balaban J connectivity index is 1.25. The van der Waals surface area contributed by atoms with E-state index in [-0.39, 0.29) is 5.57 Å². The maximum absolute atomic E-state index is 13.2. The zero-order valence-electron chi connectivity index (χ0n) is 24.3. The predicted molar refractivity (Wildman–Crippen MR) is 164 cm³/mol. The van der Waals surface area contributed by atoms with E-state index in [2.05, 4.69) is 5.32 Å². The van der Waals surface area contributed by atoms with Crippen LogP contribution in [0.25, 0.3) is 6.08 Å². The Morgan fingerprint density at radius 2 is 1.47 bits per heavy atom. The van der Waals surface area contributed by atoms with Crippen LogP contribution >= 0.6 is 0 Å². The number of aryl methyl sites for hydroxylation is 2. The van der Waals surface area contributed by atoms with Crippen LogP contribution in [0.5, 0.6) is 17.2 Å². The predicted octanol–water partition coefficient (Wildman–Crippen LogP) is 6.53. The summed E-state index contributed by atoms with van der Waals surface area (Å²) in [7, 11) is 0. The molecule has 1 aliphatic rings. The summed E-state index contributed by atoms with van der Waals surface area (Å²) in [6.45, 7) is 6.99. The number of nitrogens with one attached hydrogen (secondary N) is 1. The number of carbonyl (C=O) groups is 3. The lowest BCUT2D eigenvalue weighted by molar-refractivity contribution is -0.122. The van der Waals surface area contributed by atoms with Gasteiger partial charge in [0.1, 0.15) is 24.5 Å². The molecule has 4 aromatic carbocycles. The highest BCUT2D eigenvalue weighted by Crippen LogP contribution is 2.30. The first-order chi connectivity index (χ1) is 20.8. The van der Waals surface area contributed by atoms with Crippen molar-refractivity contribution in [2.45, 2.75) is 34.0 Å². The summed E-state index contributed by atoms with van der Waals surface area (Å²) in [5.41, 5.74) is 4.80. The quantitative estimate of drug-likeness (QED) is 0.171. The second-order valence-corrected chi connectivity index (χ2v) is 10.1. The maximum atomic E-state index is 13.2. The van der Waals surface area contributed by atoms with Crippen molar-refractivity contribution in [3.8, 4) is 17.2 Å². The summed E-state index contributed by atoms with van der Waals surface area (Å²) in [6.07, 6.45) is 1.46. The molecule has 0 bridgehead atoms. The summed E-state index contributed by atoms with van der Waals surface area (Å²) in [5, 5.41) is 2.26. The van der Waals surface area contributed by atoms with Gasteiger partial charge in [0.2, 0.25) is 0 Å². The standard InChI is InChI=1S/C35H32N2O6/c1-4-41-32-20-27(13-17-31(32)43-21-26-8-6-5-7-9-26)22-42-29-15-11-25(12-16-29)19-30-33(38)36-35(40)37(34(30)39)28-14-10-23(2)24(3)18-28/h5-20H,4,21-22H2,1-3H3,(H,36,38,40)/b30-19-. The number of barbiturate groups is 1. The van der Waals surface area contributed by atoms with Crippen LogP contribution in [-0.4, -0.2) is 24.5 Å². The molecule has 1 aliphatic heterocycles. The molecule has 0 unspecified atom stereocenters. The average Bonchev–Trinajstić information content (AvgIpc) is 3.00. The van der Waals surface area contributed by atoms with Gasteiger partial charge in [-0.15, -0.1) is 0 Å². The Kier molecular flexibility index (Phi) is 8.86. The van der Waals surface area contributed by atoms with E-state index in [1.165, 1.54) is 6.08 Å². The van der Waals surface area contributed by atoms with E-state index in [1.54, 1.807) is 36.4 Å². The third-order valence-corrected chi connectivity index (χ3v) is 6.99. The number of rotatable bonds is 10. The number of imide groups is 2. The van der Waals surface area contributed by atoms with Crippen LogP contribution in [0, 0.1) is 13.8 Å². The molecule has 0 aliphatic carbocycles. The molecule has 0 aromatic heterocycles. The van der Waals surface area contributed by atoms with Gasteiger partial charge in [-0.25, -0.2) is 9.69 Å². The topological polar surface area (TPSA) is 94.2 Å². The van der Waals surface area contributed by atoms with Crippen LogP contribution in [0.3, 0.4) is 0 Å². The van der Waals surface area contributed by atoms with Crippen molar-refractivity contribution in [2.24, 2.45) is 0 Å². The molecular formula is C35H32N2O6. The van der Waals surface area contributed by atoms with Gasteiger partial charge in [-0.05, 0) is 91.1 Å². The Hall–Kier alpha value is -5.37. The van der Waals surface area contributed by atoms with Gasteiger partial charge in [0.05, 0.1) is 12.3 Å². The lowest BCUT2D eigenvalue weighted by Gasteiger charge is -2.26. The number of ether oxygens (including phenoxy) is 3. The summed E-state index contributed by atoms with van der Waals surface area (Å²) in [6, 6.07) is 27.1. The van der Waals surface area contributed by atoms with E-state index >= 15 is 0 Å². The van der Waals surface area contributed by atoms with Gasteiger partial charge in [0, 0.05) is 0 Å². The van der Waals surface area contributed by atoms with Crippen LogP contribution in [0.2, 0.25) is 0 Å². The van der Waals surface area contributed by atoms with Crippen molar-refractivity contribution in [2.75, 3.05) is 11.5 Å². The molecule has 8 heteroatoms. The van der Waals surface area contributed by atoms with Crippen LogP contribution in [0.1, 0.15) is 34.7 Å². The molecule has 0 radical (unpaired) electrons. The van der Waals surface area contributed by atoms with E-state index in [0.717, 1.165) is 27.2 Å². The third-order valence-electron chi connectivity index (χ3n) is 6.99. The highest BCUT2D eigenvalue weighted by Gasteiger charge is 2.36. The van der Waals surface area contributed by atoms with E-state index in [1.807, 2.05) is 75.4 Å². The lowest BCUT2D eigenvalue weighted by Crippen LogP contribution is -2.54. The van der Waals surface area contributed by atoms with Gasteiger partial charge >= 0.3 is 6.03 Å². The summed E-state index contributed by atoms with van der Waals surface area (Å²) < 4.78 is 17.8. The molecule has 0 spiro atoms. The van der Waals surface area contributed by atoms with Crippen molar-refractivity contribution >= 4 is 29.6 Å².